The van der Waals surface area contributed by atoms with E-state index in [0.29, 0.717) is 28.8 Å². The van der Waals surface area contributed by atoms with Crippen LogP contribution in [0, 0.1) is 0 Å². The lowest BCUT2D eigenvalue weighted by Crippen LogP contribution is -2.24. The molecule has 2 aromatic heterocycles. The lowest BCUT2D eigenvalue weighted by molar-refractivity contribution is 0.416. The number of rotatable bonds is 4. The van der Waals surface area contributed by atoms with Crippen molar-refractivity contribution in [2.24, 2.45) is 5.73 Å². The normalized spacial score (nSPS) is 12.4. The third-order valence-corrected chi connectivity index (χ3v) is 4.09. The molecule has 0 aliphatic rings. The molecule has 7 heteroatoms. The van der Waals surface area contributed by atoms with Gasteiger partial charge in [0.05, 0.1) is 18.0 Å². The minimum absolute atomic E-state index is 0.167. The molecule has 0 bridgehead atoms. The van der Waals surface area contributed by atoms with Crippen LogP contribution < -0.4 is 11.3 Å². The van der Waals surface area contributed by atoms with E-state index in [0.717, 1.165) is 5.56 Å². The molecule has 0 fully saturated rings. The van der Waals surface area contributed by atoms with Crippen molar-refractivity contribution in [1.82, 2.24) is 19.9 Å². The number of aromatic nitrogens is 4. The fraction of sp³-hybridized carbons (Fsp3) is 0.158. The molecule has 0 saturated carbocycles. The highest BCUT2D eigenvalue weighted by Gasteiger charge is 2.18. The van der Waals surface area contributed by atoms with Crippen LogP contribution >= 0.6 is 0 Å². The Morgan fingerprint density at radius 2 is 1.77 bits per heavy atom. The van der Waals surface area contributed by atoms with Gasteiger partial charge in [-0.3, -0.25) is 4.79 Å². The topological polar surface area (TPSA) is 99.8 Å². The summed E-state index contributed by atoms with van der Waals surface area (Å²) < 4.78 is 6.77. The number of hydrogen-bond donors (Lipinski definition) is 1. The molecule has 4 rings (SSSR count). The monoisotopic (exact) mass is 347 g/mol. The average Bonchev–Trinajstić information content (AvgIpc) is 3.15. The SMILES string of the molecule is CC(N)c1noc(-c2nn(Cc3ccccc3)c(=O)c3ccccc23)n1. The van der Waals surface area contributed by atoms with Crippen molar-refractivity contribution < 1.29 is 4.52 Å². The molecule has 2 heterocycles. The van der Waals surface area contributed by atoms with Gasteiger partial charge in [-0.25, -0.2) is 4.68 Å². The predicted molar refractivity (Wildman–Crippen MR) is 97.4 cm³/mol. The molecule has 0 aliphatic heterocycles. The summed E-state index contributed by atoms with van der Waals surface area (Å²) in [4.78, 5) is 17.2. The van der Waals surface area contributed by atoms with Crippen molar-refractivity contribution in [2.45, 2.75) is 19.5 Å². The predicted octanol–water partition coefficient (Wildman–Crippen LogP) is 2.51. The third-order valence-electron chi connectivity index (χ3n) is 4.09. The van der Waals surface area contributed by atoms with Gasteiger partial charge in [0.2, 0.25) is 0 Å². The van der Waals surface area contributed by atoms with Crippen molar-refractivity contribution in [1.29, 1.82) is 0 Å². The molecule has 26 heavy (non-hydrogen) atoms. The smallest absolute Gasteiger partial charge is 0.279 e. The van der Waals surface area contributed by atoms with Crippen molar-refractivity contribution >= 4 is 10.8 Å². The van der Waals surface area contributed by atoms with Gasteiger partial charge >= 0.3 is 0 Å². The fourth-order valence-corrected chi connectivity index (χ4v) is 2.77. The number of nitrogens with zero attached hydrogens (tertiary/aromatic N) is 4. The van der Waals surface area contributed by atoms with Crippen molar-refractivity contribution in [3.05, 3.63) is 76.3 Å². The first-order chi connectivity index (χ1) is 12.6. The van der Waals surface area contributed by atoms with Crippen LogP contribution in [0.15, 0.2) is 63.9 Å². The zero-order valence-corrected chi connectivity index (χ0v) is 14.2. The average molecular weight is 347 g/mol. The highest BCUT2D eigenvalue weighted by Crippen LogP contribution is 2.24. The minimum Gasteiger partial charge on any atom is -0.332 e. The lowest BCUT2D eigenvalue weighted by atomic mass is 10.1. The molecule has 0 aliphatic carbocycles. The molecule has 4 aromatic rings. The van der Waals surface area contributed by atoms with E-state index in [1.165, 1.54) is 4.68 Å². The van der Waals surface area contributed by atoms with Crippen molar-refractivity contribution in [3.63, 3.8) is 0 Å². The Kier molecular flexibility index (Phi) is 4.06. The molecule has 2 aromatic carbocycles. The van der Waals surface area contributed by atoms with Gasteiger partial charge in [0.15, 0.2) is 11.5 Å². The van der Waals surface area contributed by atoms with E-state index in [2.05, 4.69) is 15.2 Å². The third kappa shape index (κ3) is 2.89. The zero-order chi connectivity index (χ0) is 18.1. The highest BCUT2D eigenvalue weighted by atomic mass is 16.5. The summed E-state index contributed by atoms with van der Waals surface area (Å²) >= 11 is 0. The Labute approximate surface area is 149 Å². The number of nitrogens with two attached hydrogens (primary N) is 1. The van der Waals surface area contributed by atoms with E-state index in [9.17, 15) is 4.79 Å². The van der Waals surface area contributed by atoms with Crippen LogP contribution in [0.1, 0.15) is 24.4 Å². The summed E-state index contributed by atoms with van der Waals surface area (Å²) in [7, 11) is 0. The standard InChI is InChI=1S/C19H17N5O2/c1-12(20)17-21-18(26-23-17)16-14-9-5-6-10-15(14)19(25)24(22-16)11-13-7-3-2-4-8-13/h2-10,12H,11,20H2,1H3. The Balaban J connectivity index is 1.91. The molecule has 1 unspecified atom stereocenters. The molecular formula is C19H17N5O2. The van der Waals surface area contributed by atoms with E-state index >= 15 is 0 Å². The maximum Gasteiger partial charge on any atom is 0.279 e. The molecule has 0 amide bonds. The van der Waals surface area contributed by atoms with E-state index in [-0.39, 0.29) is 17.5 Å². The molecule has 130 valence electrons. The fourth-order valence-electron chi connectivity index (χ4n) is 2.77. The van der Waals surface area contributed by atoms with Crippen LogP contribution in [0.2, 0.25) is 0 Å². The van der Waals surface area contributed by atoms with Crippen LogP contribution in [-0.4, -0.2) is 19.9 Å². The number of benzene rings is 2. The van der Waals surface area contributed by atoms with Gasteiger partial charge < -0.3 is 10.3 Å². The summed E-state index contributed by atoms with van der Waals surface area (Å²) in [6.45, 7) is 2.13. The highest BCUT2D eigenvalue weighted by molar-refractivity contribution is 5.91. The van der Waals surface area contributed by atoms with Gasteiger partial charge in [-0.1, -0.05) is 53.7 Å². The molecule has 0 radical (unpaired) electrons. The minimum atomic E-state index is -0.353. The van der Waals surface area contributed by atoms with Crippen LogP contribution in [0.3, 0.4) is 0 Å². The van der Waals surface area contributed by atoms with Crippen molar-refractivity contribution in [2.75, 3.05) is 0 Å². The summed E-state index contributed by atoms with van der Waals surface area (Å²) in [6.07, 6.45) is 0. The maximum absolute atomic E-state index is 12.8. The first-order valence-electron chi connectivity index (χ1n) is 8.27. The molecule has 0 spiro atoms. The Hall–Kier alpha value is -3.32. The van der Waals surface area contributed by atoms with Gasteiger partial charge in [0.1, 0.15) is 0 Å². The largest absolute Gasteiger partial charge is 0.332 e. The molecule has 0 saturated heterocycles. The van der Waals surface area contributed by atoms with Gasteiger partial charge in [0.25, 0.3) is 11.4 Å². The maximum atomic E-state index is 12.8. The summed E-state index contributed by atoms with van der Waals surface area (Å²) in [5, 5.41) is 9.62. The zero-order valence-electron chi connectivity index (χ0n) is 14.2. The van der Waals surface area contributed by atoms with E-state index in [4.69, 9.17) is 10.3 Å². The summed E-state index contributed by atoms with van der Waals surface area (Å²) in [6, 6.07) is 16.6. The Morgan fingerprint density at radius 1 is 1.08 bits per heavy atom. The molecule has 2 N–H and O–H groups in total. The summed E-state index contributed by atoms with van der Waals surface area (Å²) in [5.74, 6) is 0.641. The second-order valence-electron chi connectivity index (χ2n) is 6.09. The van der Waals surface area contributed by atoms with Gasteiger partial charge in [-0.15, -0.1) is 0 Å². The van der Waals surface area contributed by atoms with E-state index < -0.39 is 0 Å². The molecular weight excluding hydrogens is 330 g/mol. The first-order valence-corrected chi connectivity index (χ1v) is 8.27. The summed E-state index contributed by atoms with van der Waals surface area (Å²) in [5.41, 5.74) is 7.09. The van der Waals surface area contributed by atoms with Crippen LogP contribution in [-0.2, 0) is 6.54 Å². The second kappa shape index (κ2) is 6.53. The van der Waals surface area contributed by atoms with E-state index in [1.54, 1.807) is 13.0 Å². The van der Waals surface area contributed by atoms with Gasteiger partial charge in [-0.05, 0) is 18.6 Å². The first kappa shape index (κ1) is 16.2. The van der Waals surface area contributed by atoms with E-state index in [1.807, 2.05) is 48.5 Å². The van der Waals surface area contributed by atoms with Gasteiger partial charge in [0, 0.05) is 5.39 Å². The van der Waals surface area contributed by atoms with Crippen LogP contribution in [0.5, 0.6) is 0 Å². The molecule has 1 atom stereocenters. The lowest BCUT2D eigenvalue weighted by Gasteiger charge is -2.09. The molecule has 7 nitrogen and oxygen atoms in total. The Morgan fingerprint density at radius 3 is 2.46 bits per heavy atom. The van der Waals surface area contributed by atoms with Crippen LogP contribution in [0.25, 0.3) is 22.4 Å². The van der Waals surface area contributed by atoms with Gasteiger partial charge in [-0.2, -0.15) is 10.1 Å². The number of hydrogen-bond acceptors (Lipinski definition) is 6. The quantitative estimate of drug-likeness (QED) is 0.609. The second-order valence-corrected chi connectivity index (χ2v) is 6.09. The Bertz CT molecular complexity index is 1120. The van der Waals surface area contributed by atoms with Crippen molar-refractivity contribution in [3.8, 4) is 11.6 Å². The van der Waals surface area contributed by atoms with Crippen LogP contribution in [0.4, 0.5) is 0 Å². The number of fused-ring (bicyclic) bond motifs is 1.